The molecule has 2 atom stereocenters. The van der Waals surface area contributed by atoms with E-state index in [-0.39, 0.29) is 49.0 Å². The van der Waals surface area contributed by atoms with Gasteiger partial charge in [0.25, 0.3) is 0 Å². The van der Waals surface area contributed by atoms with E-state index in [2.05, 4.69) is 29.6 Å². The number of hydrogen-bond acceptors (Lipinski definition) is 5. The summed E-state index contributed by atoms with van der Waals surface area (Å²) in [7, 11) is 0. The zero-order valence-electron chi connectivity index (χ0n) is 26.6. The molecular formula is C38H41N5O4. The lowest BCUT2D eigenvalue weighted by Gasteiger charge is -2.55. The van der Waals surface area contributed by atoms with Gasteiger partial charge in [-0.15, -0.1) is 0 Å². The maximum Gasteiger partial charge on any atom is 0.334 e. The van der Waals surface area contributed by atoms with Crippen LogP contribution in [-0.2, 0) is 22.6 Å². The molecular weight excluding hydrogens is 590 g/mol. The average Bonchev–Trinajstić information content (AvgIpc) is 3.11. The molecule has 2 fully saturated rings. The van der Waals surface area contributed by atoms with Gasteiger partial charge in [-0.1, -0.05) is 110 Å². The highest BCUT2D eigenvalue weighted by atomic mass is 16.3. The fraction of sp³-hybridized carbons (Fsp3) is 0.289. The quantitative estimate of drug-likeness (QED) is 0.257. The van der Waals surface area contributed by atoms with Crippen LogP contribution >= 0.6 is 0 Å². The van der Waals surface area contributed by atoms with Gasteiger partial charge >= 0.3 is 6.03 Å². The maximum atomic E-state index is 14.4. The molecule has 4 aromatic carbocycles. The predicted octanol–water partition coefficient (Wildman–Crippen LogP) is 4.98. The highest BCUT2D eigenvalue weighted by molar-refractivity contribution is 5.91. The first kappa shape index (κ1) is 31.8. The molecule has 0 aliphatic carbocycles. The van der Waals surface area contributed by atoms with E-state index in [1.807, 2.05) is 78.6 Å². The molecule has 0 saturated carbocycles. The first-order chi connectivity index (χ1) is 22.9. The largest absolute Gasteiger partial charge is 0.508 e. The Morgan fingerprint density at radius 2 is 1.43 bits per heavy atom. The number of rotatable bonds is 10. The Kier molecular flexibility index (Phi) is 9.83. The molecule has 9 heteroatoms. The van der Waals surface area contributed by atoms with Crippen molar-refractivity contribution in [3.05, 3.63) is 138 Å². The molecule has 242 valence electrons. The zero-order chi connectivity index (χ0) is 32.8. The number of phenols is 1. The summed E-state index contributed by atoms with van der Waals surface area (Å²) in [6.07, 6.45) is 0.257. The number of hydrazine groups is 1. The monoisotopic (exact) mass is 631 g/mol. The van der Waals surface area contributed by atoms with Crippen LogP contribution in [0.25, 0.3) is 0 Å². The minimum atomic E-state index is -0.805. The zero-order valence-corrected chi connectivity index (χ0v) is 26.6. The third-order valence-electron chi connectivity index (χ3n) is 9.15. The van der Waals surface area contributed by atoms with Gasteiger partial charge in [0.05, 0.1) is 13.1 Å². The second kappa shape index (κ2) is 14.5. The van der Waals surface area contributed by atoms with E-state index in [9.17, 15) is 19.5 Å². The molecule has 47 heavy (non-hydrogen) atoms. The van der Waals surface area contributed by atoms with Crippen LogP contribution in [0, 0.1) is 0 Å². The Hall–Kier alpha value is -5.15. The fourth-order valence-electron chi connectivity index (χ4n) is 6.76. The number of fused-ring (bicyclic) bond motifs is 1. The molecule has 2 N–H and O–H groups in total. The SMILES string of the molecule is CCN1CC(=O)N2[C@@H](Cc3ccc(O)cc3)C(=O)N(CCC(c3ccccc3)c3ccccc3)C[C@@H]2N1C(=O)NCc1ccccc1. The van der Waals surface area contributed by atoms with Crippen LogP contribution in [0.15, 0.2) is 115 Å². The molecule has 4 amide bonds. The van der Waals surface area contributed by atoms with Crippen LogP contribution < -0.4 is 5.32 Å². The first-order valence-electron chi connectivity index (χ1n) is 16.3. The van der Waals surface area contributed by atoms with Crippen LogP contribution in [-0.4, -0.2) is 81.2 Å². The second-order valence-electron chi connectivity index (χ2n) is 12.1. The molecule has 2 saturated heterocycles. The highest BCUT2D eigenvalue weighted by Crippen LogP contribution is 2.32. The fourth-order valence-corrected chi connectivity index (χ4v) is 6.76. The van der Waals surface area contributed by atoms with Gasteiger partial charge in [0, 0.05) is 32.0 Å². The van der Waals surface area contributed by atoms with Crippen molar-refractivity contribution in [1.82, 2.24) is 25.1 Å². The molecule has 0 radical (unpaired) electrons. The molecule has 0 bridgehead atoms. The predicted molar refractivity (Wildman–Crippen MR) is 180 cm³/mol. The van der Waals surface area contributed by atoms with Gasteiger partial charge in [0.15, 0.2) is 0 Å². The van der Waals surface area contributed by atoms with Crippen LogP contribution in [0.2, 0.25) is 0 Å². The van der Waals surface area contributed by atoms with Gasteiger partial charge in [-0.3, -0.25) is 9.59 Å². The highest BCUT2D eigenvalue weighted by Gasteiger charge is 2.51. The number of aromatic hydroxyl groups is 1. The molecule has 6 rings (SSSR count). The van der Waals surface area contributed by atoms with Crippen molar-refractivity contribution in [2.24, 2.45) is 0 Å². The Morgan fingerprint density at radius 3 is 2.02 bits per heavy atom. The molecule has 0 spiro atoms. The van der Waals surface area contributed by atoms with Gasteiger partial charge in [-0.2, -0.15) is 0 Å². The van der Waals surface area contributed by atoms with E-state index in [1.54, 1.807) is 39.2 Å². The number of phenolic OH excluding ortho intramolecular Hbond substituents is 1. The molecule has 0 unspecified atom stereocenters. The number of hydrogen-bond donors (Lipinski definition) is 2. The Morgan fingerprint density at radius 1 is 0.830 bits per heavy atom. The average molecular weight is 632 g/mol. The van der Waals surface area contributed by atoms with E-state index in [0.717, 1.165) is 22.3 Å². The number of carbonyl (C=O) groups is 3. The summed E-state index contributed by atoms with van der Waals surface area (Å²) in [4.78, 5) is 45.6. The summed E-state index contributed by atoms with van der Waals surface area (Å²) >= 11 is 0. The van der Waals surface area contributed by atoms with Crippen molar-refractivity contribution in [3.8, 4) is 5.75 Å². The molecule has 2 heterocycles. The lowest BCUT2D eigenvalue weighted by Crippen LogP contribution is -2.76. The molecule has 2 aliphatic heterocycles. The van der Waals surface area contributed by atoms with Crippen molar-refractivity contribution in [3.63, 3.8) is 0 Å². The number of nitrogens with zero attached hydrogens (tertiary/aromatic N) is 4. The molecule has 9 nitrogen and oxygen atoms in total. The smallest absolute Gasteiger partial charge is 0.334 e. The summed E-state index contributed by atoms with van der Waals surface area (Å²) in [5.41, 5.74) is 4.11. The minimum Gasteiger partial charge on any atom is -0.508 e. The summed E-state index contributed by atoms with van der Waals surface area (Å²) in [5, 5.41) is 16.3. The van der Waals surface area contributed by atoms with Crippen molar-refractivity contribution >= 4 is 17.8 Å². The van der Waals surface area contributed by atoms with Crippen molar-refractivity contribution < 1.29 is 19.5 Å². The lowest BCUT2D eigenvalue weighted by molar-refractivity contribution is -0.189. The lowest BCUT2D eigenvalue weighted by atomic mass is 9.88. The van der Waals surface area contributed by atoms with E-state index in [4.69, 9.17) is 0 Å². The normalized spacial score (nSPS) is 18.4. The van der Waals surface area contributed by atoms with E-state index in [0.29, 0.717) is 26.1 Å². The van der Waals surface area contributed by atoms with Crippen LogP contribution in [0.3, 0.4) is 0 Å². The number of piperazine rings is 1. The van der Waals surface area contributed by atoms with E-state index in [1.165, 1.54) is 0 Å². The number of nitrogens with one attached hydrogen (secondary N) is 1. The number of carbonyl (C=O) groups excluding carboxylic acids is 3. The minimum absolute atomic E-state index is 0.00476. The van der Waals surface area contributed by atoms with E-state index < -0.39 is 12.2 Å². The van der Waals surface area contributed by atoms with Gasteiger partial charge in [0.2, 0.25) is 11.8 Å². The van der Waals surface area contributed by atoms with E-state index >= 15 is 0 Å². The maximum absolute atomic E-state index is 14.4. The Bertz CT molecular complexity index is 1610. The Balaban J connectivity index is 1.31. The number of likely N-dealkylation sites (N-methyl/N-ethyl adjacent to an activating group) is 1. The number of benzene rings is 4. The number of amides is 4. The summed E-state index contributed by atoms with van der Waals surface area (Å²) in [6.45, 7) is 3.35. The molecule has 2 aliphatic rings. The van der Waals surface area contributed by atoms with Crippen molar-refractivity contribution in [1.29, 1.82) is 0 Å². The van der Waals surface area contributed by atoms with Crippen molar-refractivity contribution in [2.75, 3.05) is 26.2 Å². The van der Waals surface area contributed by atoms with Gasteiger partial charge in [-0.05, 0) is 40.8 Å². The third kappa shape index (κ3) is 7.15. The molecule has 4 aromatic rings. The summed E-state index contributed by atoms with van der Waals surface area (Å²) < 4.78 is 0. The van der Waals surface area contributed by atoms with Crippen LogP contribution in [0.4, 0.5) is 4.79 Å². The van der Waals surface area contributed by atoms with Crippen LogP contribution in [0.5, 0.6) is 5.75 Å². The van der Waals surface area contributed by atoms with Crippen molar-refractivity contribution in [2.45, 2.75) is 44.4 Å². The molecule has 0 aromatic heterocycles. The van der Waals surface area contributed by atoms with Gasteiger partial charge in [0.1, 0.15) is 18.0 Å². The number of urea groups is 1. The second-order valence-corrected chi connectivity index (χ2v) is 12.1. The van der Waals surface area contributed by atoms with Gasteiger partial charge in [-0.25, -0.2) is 14.8 Å². The topological polar surface area (TPSA) is 96.4 Å². The Labute approximate surface area is 276 Å². The first-order valence-corrected chi connectivity index (χ1v) is 16.3. The van der Waals surface area contributed by atoms with Crippen LogP contribution in [0.1, 0.15) is 41.5 Å². The summed E-state index contributed by atoms with van der Waals surface area (Å²) in [5.74, 6) is -0.140. The standard InChI is InChI=1S/C38H41N5O4/c1-2-41-27-36(45)42-34(24-28-18-20-32(44)21-19-28)37(46)40(26-35(42)43(41)38(47)39-25-29-12-6-3-7-13-29)23-22-33(30-14-8-4-9-15-30)31-16-10-5-11-17-31/h3-21,33-35,44H,2,22-27H2,1H3,(H,39,47)/t34-,35-/m0/s1. The summed E-state index contributed by atoms with van der Waals surface area (Å²) in [6, 6.07) is 35.9. The third-order valence-corrected chi connectivity index (χ3v) is 9.15. The van der Waals surface area contributed by atoms with Gasteiger partial charge < -0.3 is 20.2 Å².